The molecule has 2 aliphatic rings. The number of likely N-dealkylation sites (N-methyl/N-ethyl adjacent to an activating group) is 1. The molecule has 8 nitrogen and oxygen atoms in total. The van der Waals surface area contributed by atoms with Crippen molar-refractivity contribution in [2.75, 3.05) is 32.3 Å². The lowest BCUT2D eigenvalue weighted by Gasteiger charge is -2.24. The molecule has 0 saturated heterocycles. The number of fused-ring (bicyclic) bond motifs is 1. The lowest BCUT2D eigenvalue weighted by molar-refractivity contribution is 0.0633. The van der Waals surface area contributed by atoms with Gasteiger partial charge < -0.3 is 29.3 Å². The first-order valence-electron chi connectivity index (χ1n) is 9.49. The van der Waals surface area contributed by atoms with Crippen LogP contribution in [0, 0.1) is 0 Å². The number of anilines is 1. The number of methoxy groups -OCH3 is 1. The van der Waals surface area contributed by atoms with Crippen molar-refractivity contribution in [1.82, 2.24) is 4.90 Å². The Bertz CT molecular complexity index is 930. The highest BCUT2D eigenvalue weighted by Gasteiger charge is 2.27. The molecule has 1 unspecified atom stereocenters. The minimum atomic E-state index is -0.211. The van der Waals surface area contributed by atoms with Crippen LogP contribution in [0.15, 0.2) is 47.6 Å². The van der Waals surface area contributed by atoms with Crippen LogP contribution in [-0.2, 0) is 4.84 Å². The summed E-state index contributed by atoms with van der Waals surface area (Å²) in [5.74, 6) is 2.05. The summed E-state index contributed by atoms with van der Waals surface area (Å²) in [4.78, 5) is 20.0. The van der Waals surface area contributed by atoms with Gasteiger partial charge in [-0.1, -0.05) is 17.3 Å². The van der Waals surface area contributed by atoms with Gasteiger partial charge in [0.15, 0.2) is 17.6 Å². The second-order valence-corrected chi connectivity index (χ2v) is 6.71. The molecule has 0 saturated carbocycles. The van der Waals surface area contributed by atoms with Crippen molar-refractivity contribution in [2.45, 2.75) is 19.4 Å². The number of nitrogens with one attached hydrogen (secondary N) is 1. The van der Waals surface area contributed by atoms with E-state index in [0.29, 0.717) is 36.7 Å². The summed E-state index contributed by atoms with van der Waals surface area (Å²) in [7, 11) is 1.57. The Balaban J connectivity index is 1.36. The second kappa shape index (κ2) is 8.30. The number of ether oxygens (including phenoxy) is 3. The number of carbonyl (C=O) groups excluding carboxylic acids is 1. The average Bonchev–Trinajstić information content (AvgIpc) is 3.41. The van der Waals surface area contributed by atoms with Gasteiger partial charge in [-0.05, 0) is 37.3 Å². The molecule has 0 spiro atoms. The molecule has 2 aromatic carbocycles. The number of rotatable bonds is 6. The van der Waals surface area contributed by atoms with E-state index in [4.69, 9.17) is 19.0 Å². The van der Waals surface area contributed by atoms with Crippen LogP contribution in [0.5, 0.6) is 17.2 Å². The lowest BCUT2D eigenvalue weighted by atomic mass is 10.0. The van der Waals surface area contributed by atoms with E-state index in [9.17, 15) is 4.79 Å². The van der Waals surface area contributed by atoms with Gasteiger partial charge in [0.1, 0.15) is 5.75 Å². The van der Waals surface area contributed by atoms with Gasteiger partial charge >= 0.3 is 6.03 Å². The van der Waals surface area contributed by atoms with Crippen LogP contribution >= 0.6 is 0 Å². The molecule has 0 radical (unpaired) electrons. The minimum absolute atomic E-state index is 0.209. The summed E-state index contributed by atoms with van der Waals surface area (Å²) in [6.45, 7) is 3.13. The van der Waals surface area contributed by atoms with Gasteiger partial charge in [0, 0.05) is 18.5 Å². The third-order valence-electron chi connectivity index (χ3n) is 4.88. The molecule has 1 atom stereocenters. The first-order valence-corrected chi connectivity index (χ1v) is 9.49. The van der Waals surface area contributed by atoms with Crippen LogP contribution in [0.3, 0.4) is 0 Å². The number of amides is 2. The number of nitrogens with zero attached hydrogens (tertiary/aromatic N) is 2. The van der Waals surface area contributed by atoms with E-state index in [1.165, 1.54) is 0 Å². The van der Waals surface area contributed by atoms with Gasteiger partial charge in [-0.2, -0.15) is 0 Å². The van der Waals surface area contributed by atoms with Gasteiger partial charge in [-0.25, -0.2) is 4.79 Å². The van der Waals surface area contributed by atoms with E-state index in [0.717, 1.165) is 17.0 Å². The molecule has 1 N–H and O–H groups in total. The standard InChI is InChI=1S/C21H23N3O5/c1-3-24(21(25)22-16-6-4-5-7-18(16)26-2)12-15-11-17(23-29-15)14-8-9-19-20(10-14)28-13-27-19/h4-10,15H,3,11-13H2,1-2H3,(H,22,25). The molecule has 4 rings (SSSR count). The Hall–Kier alpha value is -3.42. The topological polar surface area (TPSA) is 81.6 Å². The fraction of sp³-hybridized carbons (Fsp3) is 0.333. The Morgan fingerprint density at radius 1 is 1.24 bits per heavy atom. The molecule has 0 aliphatic carbocycles. The second-order valence-electron chi connectivity index (χ2n) is 6.71. The van der Waals surface area contributed by atoms with Crippen molar-refractivity contribution in [3.8, 4) is 17.2 Å². The number of hydrogen-bond acceptors (Lipinski definition) is 6. The van der Waals surface area contributed by atoms with Gasteiger partial charge in [0.25, 0.3) is 0 Å². The number of benzene rings is 2. The van der Waals surface area contributed by atoms with Gasteiger partial charge in [-0.3, -0.25) is 0 Å². The average molecular weight is 397 g/mol. The zero-order chi connectivity index (χ0) is 20.2. The zero-order valence-electron chi connectivity index (χ0n) is 16.4. The first kappa shape index (κ1) is 18.9. The van der Waals surface area contributed by atoms with Crippen molar-refractivity contribution in [1.29, 1.82) is 0 Å². The van der Waals surface area contributed by atoms with Crippen molar-refractivity contribution < 1.29 is 23.8 Å². The molecule has 0 aromatic heterocycles. The van der Waals surface area contributed by atoms with Crippen LogP contribution in [-0.4, -0.2) is 49.7 Å². The maximum Gasteiger partial charge on any atom is 0.322 e. The highest BCUT2D eigenvalue weighted by Crippen LogP contribution is 2.33. The Kier molecular flexibility index (Phi) is 5.41. The zero-order valence-corrected chi connectivity index (χ0v) is 16.4. The third-order valence-corrected chi connectivity index (χ3v) is 4.88. The van der Waals surface area contributed by atoms with Crippen molar-refractivity contribution in [3.63, 3.8) is 0 Å². The summed E-state index contributed by atoms with van der Waals surface area (Å²) in [5.41, 5.74) is 2.39. The SMILES string of the molecule is CCN(CC1CC(c2ccc3c(c2)OCO3)=NO1)C(=O)Nc1ccccc1OC. The molecule has 2 aliphatic heterocycles. The molecule has 2 heterocycles. The van der Waals surface area contributed by atoms with Crippen LogP contribution in [0.4, 0.5) is 10.5 Å². The lowest BCUT2D eigenvalue weighted by Crippen LogP contribution is -2.40. The Morgan fingerprint density at radius 2 is 2.07 bits per heavy atom. The van der Waals surface area contributed by atoms with E-state index < -0.39 is 0 Å². The first-order chi connectivity index (χ1) is 14.2. The minimum Gasteiger partial charge on any atom is -0.495 e. The summed E-state index contributed by atoms with van der Waals surface area (Å²) in [6, 6.07) is 12.8. The van der Waals surface area contributed by atoms with Crippen LogP contribution < -0.4 is 19.5 Å². The molecule has 29 heavy (non-hydrogen) atoms. The van der Waals surface area contributed by atoms with Crippen molar-refractivity contribution >= 4 is 17.4 Å². The largest absolute Gasteiger partial charge is 0.495 e. The highest BCUT2D eigenvalue weighted by atomic mass is 16.7. The van der Waals surface area contributed by atoms with E-state index >= 15 is 0 Å². The number of carbonyl (C=O) groups is 1. The van der Waals surface area contributed by atoms with E-state index in [2.05, 4.69) is 10.5 Å². The summed E-state index contributed by atoms with van der Waals surface area (Å²) in [6.07, 6.45) is 0.400. The number of para-hydroxylation sites is 2. The quantitative estimate of drug-likeness (QED) is 0.807. The van der Waals surface area contributed by atoms with Crippen LogP contribution in [0.2, 0.25) is 0 Å². The van der Waals surface area contributed by atoms with E-state index in [1.54, 1.807) is 24.1 Å². The third kappa shape index (κ3) is 4.06. The summed E-state index contributed by atoms with van der Waals surface area (Å²) in [5, 5.41) is 7.11. The van der Waals surface area contributed by atoms with Gasteiger partial charge in [0.05, 0.1) is 25.1 Å². The Labute approximate surface area is 169 Å². The number of urea groups is 1. The van der Waals surface area contributed by atoms with Crippen molar-refractivity contribution in [3.05, 3.63) is 48.0 Å². The molecule has 2 aromatic rings. The molecule has 2 amide bonds. The molecule has 8 heteroatoms. The predicted molar refractivity (Wildman–Crippen MR) is 108 cm³/mol. The predicted octanol–water partition coefficient (Wildman–Crippen LogP) is 3.47. The van der Waals surface area contributed by atoms with E-state index in [-0.39, 0.29) is 18.9 Å². The molecular formula is C21H23N3O5. The maximum atomic E-state index is 12.7. The van der Waals surface area contributed by atoms with Crippen LogP contribution in [0.1, 0.15) is 18.9 Å². The molecular weight excluding hydrogens is 374 g/mol. The number of hydrogen-bond donors (Lipinski definition) is 1. The fourth-order valence-electron chi connectivity index (χ4n) is 3.32. The molecule has 0 fully saturated rings. The Morgan fingerprint density at radius 3 is 2.90 bits per heavy atom. The summed E-state index contributed by atoms with van der Waals surface area (Å²) >= 11 is 0. The van der Waals surface area contributed by atoms with Crippen molar-refractivity contribution in [2.24, 2.45) is 5.16 Å². The van der Waals surface area contributed by atoms with Crippen LogP contribution in [0.25, 0.3) is 0 Å². The van der Waals surface area contributed by atoms with E-state index in [1.807, 2.05) is 37.3 Å². The fourth-order valence-corrected chi connectivity index (χ4v) is 3.32. The highest BCUT2D eigenvalue weighted by molar-refractivity contribution is 6.01. The smallest absolute Gasteiger partial charge is 0.322 e. The maximum absolute atomic E-state index is 12.7. The van der Waals surface area contributed by atoms with Gasteiger partial charge in [0.2, 0.25) is 6.79 Å². The number of oxime groups is 1. The molecule has 0 bridgehead atoms. The monoisotopic (exact) mass is 397 g/mol. The normalized spacial score (nSPS) is 16.8. The molecule has 152 valence electrons. The summed E-state index contributed by atoms with van der Waals surface area (Å²) < 4.78 is 16.1. The van der Waals surface area contributed by atoms with Gasteiger partial charge in [-0.15, -0.1) is 0 Å².